The van der Waals surface area contributed by atoms with Crippen LogP contribution in [0.3, 0.4) is 0 Å². The topological polar surface area (TPSA) is 90.2 Å². The van der Waals surface area contributed by atoms with E-state index >= 15 is 0 Å². The van der Waals surface area contributed by atoms with Gasteiger partial charge in [0.05, 0.1) is 11.3 Å². The lowest BCUT2D eigenvalue weighted by Gasteiger charge is -2.06. The van der Waals surface area contributed by atoms with Gasteiger partial charge in [-0.2, -0.15) is 0 Å². The number of sulfonamides is 1. The van der Waals surface area contributed by atoms with Crippen molar-refractivity contribution in [3.63, 3.8) is 0 Å². The Morgan fingerprint density at radius 2 is 1.88 bits per heavy atom. The molecule has 0 aliphatic carbocycles. The second-order valence-electron chi connectivity index (χ2n) is 3.38. The highest BCUT2D eigenvalue weighted by Crippen LogP contribution is 1.96. The Bertz CT molecular complexity index is 611. The molecule has 1 rings (SSSR count). The van der Waals surface area contributed by atoms with Crippen LogP contribution in [0.25, 0.3) is 0 Å². The predicted molar refractivity (Wildman–Crippen MR) is 58.6 cm³/mol. The Morgan fingerprint density at radius 3 is 2.38 bits per heavy atom. The van der Waals surface area contributed by atoms with Crippen LogP contribution in [0, 0.1) is 0 Å². The van der Waals surface area contributed by atoms with E-state index in [1.165, 1.54) is 31.9 Å². The Morgan fingerprint density at radius 1 is 1.31 bits per heavy atom. The molecule has 90 valence electrons. The average molecular weight is 247 g/mol. The van der Waals surface area contributed by atoms with Gasteiger partial charge < -0.3 is 4.57 Å². The molecule has 0 atom stereocenters. The third-order valence-electron chi connectivity index (χ3n) is 2.17. The zero-order valence-electron chi connectivity index (χ0n) is 9.22. The fourth-order valence-electron chi connectivity index (χ4n) is 1.26. The highest BCUT2D eigenvalue weighted by Gasteiger charge is 2.14. The molecular weight excluding hydrogens is 234 g/mol. The van der Waals surface area contributed by atoms with Crippen LogP contribution >= 0.6 is 0 Å². The second-order valence-corrected chi connectivity index (χ2v) is 5.30. The van der Waals surface area contributed by atoms with E-state index in [9.17, 15) is 18.0 Å². The monoisotopic (exact) mass is 247 g/mol. The smallest absolute Gasteiger partial charge is 0.303 e. The van der Waals surface area contributed by atoms with Crippen molar-refractivity contribution in [1.29, 1.82) is 0 Å². The number of aromatic nitrogens is 2. The first-order valence-corrected chi connectivity index (χ1v) is 6.10. The van der Waals surface area contributed by atoms with Gasteiger partial charge in [0.15, 0.2) is 0 Å². The van der Waals surface area contributed by atoms with Crippen LogP contribution in [-0.2, 0) is 29.9 Å². The molecule has 0 bridgehead atoms. The quantitative estimate of drug-likeness (QED) is 0.677. The summed E-state index contributed by atoms with van der Waals surface area (Å²) in [6.07, 6.45) is 1.24. The minimum Gasteiger partial charge on any atom is -0.303 e. The van der Waals surface area contributed by atoms with E-state index in [0.29, 0.717) is 0 Å². The molecule has 0 radical (unpaired) electrons. The molecule has 1 aromatic heterocycles. The van der Waals surface area contributed by atoms with Gasteiger partial charge in [0.25, 0.3) is 5.56 Å². The molecule has 0 spiro atoms. The molecule has 0 amide bonds. The highest BCUT2D eigenvalue weighted by atomic mass is 32.2. The van der Waals surface area contributed by atoms with Gasteiger partial charge in [0.2, 0.25) is 10.0 Å². The number of nitrogens with one attached hydrogen (secondary N) is 1. The summed E-state index contributed by atoms with van der Waals surface area (Å²) in [5, 5.41) is 0. The molecule has 1 aromatic rings. The van der Waals surface area contributed by atoms with Crippen LogP contribution in [0.4, 0.5) is 0 Å². The normalized spacial score (nSPS) is 11.7. The van der Waals surface area contributed by atoms with Crippen molar-refractivity contribution >= 4 is 10.0 Å². The Balaban J connectivity index is 3.39. The lowest BCUT2D eigenvalue weighted by Crippen LogP contribution is -2.39. The van der Waals surface area contributed by atoms with Crippen LogP contribution in [0.2, 0.25) is 0 Å². The van der Waals surface area contributed by atoms with E-state index in [1.54, 1.807) is 0 Å². The third kappa shape index (κ3) is 2.39. The number of hydrogen-bond acceptors (Lipinski definition) is 4. The minimum absolute atomic E-state index is 0.0546. The van der Waals surface area contributed by atoms with Gasteiger partial charge >= 0.3 is 5.69 Å². The maximum Gasteiger partial charge on any atom is 0.330 e. The maximum absolute atomic E-state index is 11.6. The number of hydrogen-bond donors (Lipinski definition) is 1. The number of rotatable bonds is 3. The van der Waals surface area contributed by atoms with E-state index in [-0.39, 0.29) is 5.56 Å². The van der Waals surface area contributed by atoms with Gasteiger partial charge in [-0.15, -0.1) is 0 Å². The third-order valence-corrected chi connectivity index (χ3v) is 3.49. The first kappa shape index (κ1) is 12.7. The van der Waals surface area contributed by atoms with Crippen molar-refractivity contribution in [1.82, 2.24) is 13.9 Å². The molecule has 0 saturated carbocycles. The van der Waals surface area contributed by atoms with Crippen molar-refractivity contribution in [3.8, 4) is 0 Å². The van der Waals surface area contributed by atoms with Gasteiger partial charge in [-0.05, 0) is 7.05 Å². The first-order chi connectivity index (χ1) is 7.28. The van der Waals surface area contributed by atoms with E-state index in [1.807, 2.05) is 0 Å². The molecule has 1 heterocycles. The molecule has 7 nitrogen and oxygen atoms in total. The Hall–Kier alpha value is -1.41. The van der Waals surface area contributed by atoms with Crippen LogP contribution in [0.15, 0.2) is 15.8 Å². The van der Waals surface area contributed by atoms with E-state index in [4.69, 9.17) is 0 Å². The molecule has 0 aromatic carbocycles. The molecule has 16 heavy (non-hydrogen) atoms. The second kappa shape index (κ2) is 4.22. The van der Waals surface area contributed by atoms with Gasteiger partial charge in [0, 0.05) is 20.3 Å². The number of nitrogens with zero attached hydrogens (tertiary/aromatic N) is 2. The van der Waals surface area contributed by atoms with Crippen molar-refractivity contribution in [2.75, 3.05) is 7.05 Å². The fraction of sp³-hybridized carbons (Fsp3) is 0.500. The molecule has 0 saturated heterocycles. The lowest BCUT2D eigenvalue weighted by molar-refractivity contribution is 0.585. The van der Waals surface area contributed by atoms with Crippen LogP contribution in [0.5, 0.6) is 0 Å². The summed E-state index contributed by atoms with van der Waals surface area (Å²) < 4.78 is 26.7. The predicted octanol–water partition coefficient (Wildman–Crippen LogP) is -1.87. The summed E-state index contributed by atoms with van der Waals surface area (Å²) in [6, 6.07) is 0. The standard InChI is InChI=1S/C8H13N3O4S/c1-9-16(14,15)5-6-4-10(2)8(13)11(3)7(6)12/h4,9H,5H2,1-3H3. The first-order valence-electron chi connectivity index (χ1n) is 4.45. The molecule has 0 aliphatic rings. The zero-order chi connectivity index (χ0) is 12.5. The van der Waals surface area contributed by atoms with Gasteiger partial charge in [-0.25, -0.2) is 17.9 Å². The van der Waals surface area contributed by atoms with Crippen molar-refractivity contribution in [2.45, 2.75) is 5.75 Å². The molecule has 8 heteroatoms. The summed E-state index contributed by atoms with van der Waals surface area (Å²) in [4.78, 5) is 22.9. The van der Waals surface area contributed by atoms with E-state index in [0.717, 1.165) is 4.57 Å². The largest absolute Gasteiger partial charge is 0.330 e. The summed E-state index contributed by atoms with van der Waals surface area (Å²) in [5.41, 5.74) is -1.03. The molecule has 0 fully saturated rings. The van der Waals surface area contributed by atoms with Gasteiger partial charge in [0.1, 0.15) is 0 Å². The maximum atomic E-state index is 11.6. The Kier molecular flexibility index (Phi) is 3.34. The molecule has 0 unspecified atom stereocenters. The Labute approximate surface area is 92.4 Å². The summed E-state index contributed by atoms with van der Waals surface area (Å²) in [7, 11) is 0.507. The summed E-state index contributed by atoms with van der Waals surface area (Å²) in [5.74, 6) is -0.440. The molecular formula is C8H13N3O4S. The highest BCUT2D eigenvalue weighted by molar-refractivity contribution is 7.88. The van der Waals surface area contributed by atoms with Crippen molar-refractivity contribution in [2.24, 2.45) is 14.1 Å². The summed E-state index contributed by atoms with van der Waals surface area (Å²) in [6.45, 7) is 0. The zero-order valence-corrected chi connectivity index (χ0v) is 10.0. The molecule has 0 aliphatic heterocycles. The van der Waals surface area contributed by atoms with Crippen molar-refractivity contribution in [3.05, 3.63) is 32.6 Å². The van der Waals surface area contributed by atoms with Crippen LogP contribution in [0.1, 0.15) is 5.56 Å². The van der Waals surface area contributed by atoms with Gasteiger partial charge in [-0.1, -0.05) is 0 Å². The van der Waals surface area contributed by atoms with Crippen molar-refractivity contribution < 1.29 is 8.42 Å². The average Bonchev–Trinajstić information content (AvgIpc) is 2.22. The lowest BCUT2D eigenvalue weighted by atomic mass is 10.4. The van der Waals surface area contributed by atoms with Crippen LogP contribution < -0.4 is 16.0 Å². The number of aryl methyl sites for hydroxylation is 1. The summed E-state index contributed by atoms with van der Waals surface area (Å²) >= 11 is 0. The van der Waals surface area contributed by atoms with E-state index in [2.05, 4.69) is 4.72 Å². The SMILES string of the molecule is CNS(=O)(=O)Cc1cn(C)c(=O)n(C)c1=O. The fourth-order valence-corrected chi connectivity index (χ4v) is 2.01. The van der Waals surface area contributed by atoms with Gasteiger partial charge in [-0.3, -0.25) is 9.36 Å². The van der Waals surface area contributed by atoms with E-state index < -0.39 is 27.0 Å². The minimum atomic E-state index is -3.52. The van der Waals surface area contributed by atoms with Crippen LogP contribution in [-0.4, -0.2) is 24.6 Å². The molecule has 1 N–H and O–H groups in total.